The average molecular weight is 1180 g/mol. The fourth-order valence-corrected chi connectivity index (χ4v) is 11.6. The minimum absolute atomic E-state index is 0.417. The highest BCUT2D eigenvalue weighted by atomic mass is 31.0. The molecule has 6 heteroatoms. The van der Waals surface area contributed by atoms with Crippen LogP contribution in [0.15, 0.2) is 352 Å². The predicted molar refractivity (Wildman–Crippen MR) is 389 cm³/mol. The van der Waals surface area contributed by atoms with E-state index in [0.29, 0.717) is 0 Å². The number of aryl methyl sites for hydroxylation is 2. The number of benzene rings is 14. The number of hydrogen-bond acceptors (Lipinski definition) is 4. The summed E-state index contributed by atoms with van der Waals surface area (Å²) in [5, 5.41) is 4.90. The topological polar surface area (TPSA) is 13.0 Å². The molecule has 428 valence electrons. The maximum atomic E-state index is 5.90. The Labute approximate surface area is 530 Å². The van der Waals surface area contributed by atoms with Gasteiger partial charge in [0.1, 0.15) is 0 Å². The second-order valence-corrected chi connectivity index (χ2v) is 21.5. The lowest BCUT2D eigenvalue weighted by atomic mass is 10.0. The number of hydrogen-bond donors (Lipinski definition) is 0. The molecule has 0 aliphatic rings. The van der Waals surface area contributed by atoms with Crippen LogP contribution < -0.4 is 19.6 Å². The molecular weight excluding hydrogens is 1100 g/mol. The van der Waals surface area contributed by atoms with Crippen LogP contribution >= 0.6 is 19.6 Å². The molecule has 14 rings (SSSR count). The lowest BCUT2D eigenvalue weighted by molar-refractivity contribution is 1.27. The van der Waals surface area contributed by atoms with E-state index in [4.69, 9.17) is 5.11 Å². The van der Waals surface area contributed by atoms with Gasteiger partial charge in [-0.25, -0.2) is 0 Å². The molecule has 0 heterocycles. The van der Waals surface area contributed by atoms with Crippen molar-refractivity contribution in [3.8, 4) is 22.3 Å². The summed E-state index contributed by atoms with van der Waals surface area (Å²) < 4.78 is 23.6. The SMILES string of the molecule is Cc1cccc(N(c2ccccc2)c2ccc(-c3ccc(N(c4ccccc4)c4cccc(C)c4)cc3)cc2)c1.[2H]P[3H].[2H]P[3H].c1ccc(N(c2ccc(-c3ccc(N(c4ccccc4)c4cccc5ccccc45)cc3)cc2)c2cccc3ccccc23)cc1. The summed E-state index contributed by atoms with van der Waals surface area (Å²) in [6.45, 7) is 4.27. The van der Waals surface area contributed by atoms with E-state index in [0.717, 1.165) is 68.2 Å². The van der Waals surface area contributed by atoms with E-state index >= 15 is 0 Å². The third kappa shape index (κ3) is 13.1. The Kier molecular flexibility index (Phi) is 17.2. The van der Waals surface area contributed by atoms with E-state index in [1.54, 1.807) is 0 Å². The van der Waals surface area contributed by atoms with Gasteiger partial charge >= 0.3 is 0 Å². The smallest absolute Gasteiger partial charge is 0.0540 e. The van der Waals surface area contributed by atoms with Gasteiger partial charge in [0.2, 0.25) is 0 Å². The fourth-order valence-electron chi connectivity index (χ4n) is 11.6. The van der Waals surface area contributed by atoms with Crippen LogP contribution in [-0.2, 0) is 0 Å². The van der Waals surface area contributed by atoms with Crippen molar-refractivity contribution < 1.29 is 0 Å². The van der Waals surface area contributed by atoms with Crippen LogP contribution in [0.1, 0.15) is 11.1 Å². The molecule has 0 bridgehead atoms. The van der Waals surface area contributed by atoms with Crippen molar-refractivity contribution in [1.82, 2.24) is 0 Å². The predicted octanol–water partition coefficient (Wildman–Crippen LogP) is 23.6. The summed E-state index contributed by atoms with van der Waals surface area (Å²) in [5.41, 5.74) is 20.9. The molecule has 0 radical (unpaired) electrons. The first-order valence-corrected chi connectivity index (χ1v) is 29.4. The Bertz CT molecular complexity index is 4280. The molecule has 88 heavy (non-hydrogen) atoms. The van der Waals surface area contributed by atoms with Gasteiger partial charge < -0.3 is 19.6 Å². The van der Waals surface area contributed by atoms with Gasteiger partial charge in [-0.1, -0.05) is 218 Å². The van der Waals surface area contributed by atoms with E-state index < -0.39 is 19.6 Å². The third-order valence-electron chi connectivity index (χ3n) is 15.8. The molecule has 14 aromatic carbocycles. The standard InChI is InChI=1S/C44H32N2.C38H32N2.2H3P/c1-3-17-37(18-4-1)45(43-23-11-15-35-13-7-9-21-41(35)43)39-29-25-33(26-30-39)34-27-31-40(32-28-34)46(38-19-5-2-6-20-38)44-24-12-16-36-14-8-10-22-42(36)44;1-29-11-9-17-37(27-29)39(33-13-5-3-6-14-33)35-23-19-31(20-24-35)32-21-25-36(26-22-32)40(34-15-7-4-8-16-34)38-18-10-12-30(2)28-38;;/h1-32H;3-28H,1-2H3;2*1H3/i;;2*1TD. The van der Waals surface area contributed by atoms with Gasteiger partial charge in [-0.15, -0.1) is 0 Å². The van der Waals surface area contributed by atoms with Crippen molar-refractivity contribution in [2.75, 3.05) is 19.6 Å². The summed E-state index contributed by atoms with van der Waals surface area (Å²) >= 11 is 0. The van der Waals surface area contributed by atoms with E-state index in [9.17, 15) is 0 Å². The van der Waals surface area contributed by atoms with Crippen LogP contribution in [0, 0.1) is 13.8 Å². The van der Waals surface area contributed by atoms with Crippen molar-refractivity contribution in [1.29, 1.82) is 5.11 Å². The van der Waals surface area contributed by atoms with Crippen LogP contribution in [0.5, 0.6) is 0 Å². The summed E-state index contributed by atoms with van der Waals surface area (Å²) in [5.74, 6) is 0. The quantitative estimate of drug-likeness (QED) is 0.101. The zero-order valence-corrected chi connectivity index (χ0v) is 51.3. The molecule has 0 saturated carbocycles. The van der Waals surface area contributed by atoms with Crippen molar-refractivity contribution in [2.45, 2.75) is 13.8 Å². The highest BCUT2D eigenvalue weighted by Gasteiger charge is 2.19. The van der Waals surface area contributed by atoms with Crippen molar-refractivity contribution in [3.05, 3.63) is 363 Å². The lowest BCUT2D eigenvalue weighted by Gasteiger charge is -2.27. The molecule has 0 amide bonds. The number of para-hydroxylation sites is 4. The van der Waals surface area contributed by atoms with Crippen LogP contribution in [0.25, 0.3) is 43.8 Å². The Morgan fingerprint density at radius 2 is 0.466 bits per heavy atom. The molecule has 2 unspecified atom stereocenters. The maximum Gasteiger partial charge on any atom is 0.0540 e. The van der Waals surface area contributed by atoms with Crippen LogP contribution in [0.4, 0.5) is 68.2 Å². The largest absolute Gasteiger partial charge is 0.310 e. The summed E-state index contributed by atoms with van der Waals surface area (Å²) in [6, 6.07) is 125. The average Bonchev–Trinajstić information content (AvgIpc) is 0.935. The van der Waals surface area contributed by atoms with Crippen molar-refractivity contribution in [3.63, 3.8) is 0 Å². The minimum atomic E-state index is -0.417. The van der Waals surface area contributed by atoms with E-state index in [2.05, 4.69) is 385 Å². The summed E-state index contributed by atoms with van der Waals surface area (Å²) in [4.78, 5) is 9.30. The molecule has 0 aromatic heterocycles. The molecule has 0 N–H and O–H groups in total. The fraction of sp³-hybridized carbons (Fsp3) is 0.0244. The number of nitrogens with zero attached hydrogens (tertiary/aromatic N) is 4. The first-order valence-electron chi connectivity index (χ1n) is 31.4. The van der Waals surface area contributed by atoms with Gasteiger partial charge in [0.25, 0.3) is 0 Å². The van der Waals surface area contributed by atoms with E-state index in [-0.39, 0.29) is 0 Å². The molecule has 0 fully saturated rings. The molecule has 14 aromatic rings. The number of fused-ring (bicyclic) bond motifs is 2. The first-order chi connectivity index (χ1) is 45.3. The van der Waals surface area contributed by atoms with Gasteiger partial charge in [-0.3, -0.25) is 0 Å². The number of rotatable bonds is 14. The summed E-state index contributed by atoms with van der Waals surface area (Å²) in [6.07, 6.45) is 0. The molecule has 0 saturated heterocycles. The Morgan fingerprint density at radius 1 is 0.239 bits per heavy atom. The zero-order chi connectivity index (χ0) is 63.4. The van der Waals surface area contributed by atoms with Gasteiger partial charge in [0.05, 0.1) is 16.5 Å². The van der Waals surface area contributed by atoms with Gasteiger partial charge in [0, 0.05) is 67.6 Å². The van der Waals surface area contributed by atoms with E-state index in [1.807, 2.05) is 0 Å². The van der Waals surface area contributed by atoms with Crippen molar-refractivity contribution in [2.24, 2.45) is 0 Å². The van der Waals surface area contributed by atoms with E-state index in [1.165, 1.54) is 54.9 Å². The number of anilines is 12. The Hall–Kier alpha value is -10.3. The monoisotopic (exact) mass is 1180 g/mol. The van der Waals surface area contributed by atoms with Crippen LogP contribution in [0.2, 0.25) is 0 Å². The van der Waals surface area contributed by atoms with Gasteiger partial charge in [0.15, 0.2) is 0 Å². The van der Waals surface area contributed by atoms with Crippen LogP contribution in [0.3, 0.4) is 0 Å². The molecule has 0 aliphatic carbocycles. The van der Waals surface area contributed by atoms with Crippen LogP contribution in [-0.4, -0.2) is 5.11 Å². The van der Waals surface area contributed by atoms with Gasteiger partial charge in [-0.2, -0.15) is 19.6 Å². The third-order valence-corrected chi connectivity index (χ3v) is 15.8. The maximum absolute atomic E-state index is 5.90. The summed E-state index contributed by atoms with van der Waals surface area (Å²) in [7, 11) is -0.833. The molecule has 0 aliphatic heterocycles. The molecular formula is C82H70N4P2. The molecule has 0 spiro atoms. The highest BCUT2D eigenvalue weighted by Crippen LogP contribution is 2.43. The Balaban J connectivity index is 0.000000175. The van der Waals surface area contributed by atoms with Gasteiger partial charge in [-0.05, 0) is 191 Å². The Morgan fingerprint density at radius 3 is 0.773 bits per heavy atom. The second-order valence-electron chi connectivity index (χ2n) is 21.5. The molecule has 4 nitrogen and oxygen atoms in total. The minimum Gasteiger partial charge on any atom is -0.310 e. The first kappa shape index (κ1) is 54.3. The van der Waals surface area contributed by atoms with Crippen molar-refractivity contribution >= 4 is 109 Å². The normalized spacial score (nSPS) is 11.4. The lowest BCUT2D eigenvalue weighted by Crippen LogP contribution is -2.10. The highest BCUT2D eigenvalue weighted by molar-refractivity contribution is 6.92. The molecule has 2 atom stereocenters. The zero-order valence-electron chi connectivity index (χ0n) is 53.3. The second kappa shape index (κ2) is 27.8.